The van der Waals surface area contributed by atoms with E-state index in [2.05, 4.69) is 6.07 Å². The minimum absolute atomic E-state index is 0.396. The lowest BCUT2D eigenvalue weighted by atomic mass is 9.93. The molecule has 2 rings (SSSR count). The Morgan fingerprint density at radius 3 is 2.71 bits per heavy atom. The summed E-state index contributed by atoms with van der Waals surface area (Å²) in [6.45, 7) is 0. The van der Waals surface area contributed by atoms with Crippen LogP contribution in [0, 0.1) is 17.1 Å². The highest BCUT2D eigenvalue weighted by Crippen LogP contribution is 2.48. The first kappa shape index (κ1) is 8.89. The quantitative estimate of drug-likeness (QED) is 0.669. The molecule has 2 nitrogen and oxygen atoms in total. The molecule has 0 atom stereocenters. The van der Waals surface area contributed by atoms with Crippen LogP contribution in [-0.4, -0.2) is 6.29 Å². The van der Waals surface area contributed by atoms with Crippen LogP contribution in [0.5, 0.6) is 0 Å². The van der Waals surface area contributed by atoms with Crippen LogP contribution in [0.2, 0.25) is 0 Å². The zero-order chi connectivity index (χ0) is 10.2. The number of nitriles is 1. The van der Waals surface area contributed by atoms with E-state index in [1.54, 1.807) is 0 Å². The number of halogens is 1. The second-order valence-electron chi connectivity index (χ2n) is 3.54. The molecule has 0 N–H and O–H groups in total. The molecule has 0 saturated heterocycles. The lowest BCUT2D eigenvalue weighted by Gasteiger charge is -2.08. The summed E-state index contributed by atoms with van der Waals surface area (Å²) in [7, 11) is 0. The summed E-state index contributed by atoms with van der Waals surface area (Å²) in [5.74, 6) is -0.396. The number of carbonyl (C=O) groups is 1. The van der Waals surface area contributed by atoms with Crippen molar-refractivity contribution in [1.29, 1.82) is 5.26 Å². The highest BCUT2D eigenvalue weighted by molar-refractivity contribution is 5.79. The first-order valence-electron chi connectivity index (χ1n) is 4.38. The van der Waals surface area contributed by atoms with Crippen molar-refractivity contribution >= 4 is 6.29 Å². The van der Waals surface area contributed by atoms with Crippen molar-refractivity contribution in [3.8, 4) is 6.07 Å². The fraction of sp³-hybridized carbons (Fsp3) is 0.273. The summed E-state index contributed by atoms with van der Waals surface area (Å²) < 4.78 is 13.0. The summed E-state index contributed by atoms with van der Waals surface area (Å²) in [6.07, 6.45) is 2.10. The summed E-state index contributed by atoms with van der Waals surface area (Å²) in [5, 5.41) is 8.93. The monoisotopic (exact) mass is 189 g/mol. The normalized spacial score (nSPS) is 17.1. The second kappa shape index (κ2) is 2.91. The highest BCUT2D eigenvalue weighted by atomic mass is 19.1. The maximum atomic E-state index is 13.0. The van der Waals surface area contributed by atoms with Crippen LogP contribution in [0.4, 0.5) is 4.39 Å². The van der Waals surface area contributed by atoms with Gasteiger partial charge < -0.3 is 0 Å². The van der Waals surface area contributed by atoms with E-state index in [1.807, 2.05) is 0 Å². The SMILES string of the molecule is N#CC1(c2cc(F)ccc2C=O)CC1. The van der Waals surface area contributed by atoms with Crippen molar-refractivity contribution in [2.45, 2.75) is 18.3 Å². The summed E-state index contributed by atoms with van der Waals surface area (Å²) in [4.78, 5) is 10.7. The van der Waals surface area contributed by atoms with Crippen molar-refractivity contribution in [3.63, 3.8) is 0 Å². The van der Waals surface area contributed by atoms with Gasteiger partial charge in [0, 0.05) is 5.56 Å². The van der Waals surface area contributed by atoms with Crippen molar-refractivity contribution < 1.29 is 9.18 Å². The van der Waals surface area contributed by atoms with E-state index >= 15 is 0 Å². The number of nitrogens with zero attached hydrogens (tertiary/aromatic N) is 1. The molecule has 1 fully saturated rings. The molecule has 0 aliphatic heterocycles. The van der Waals surface area contributed by atoms with Crippen molar-refractivity contribution in [1.82, 2.24) is 0 Å². The Balaban J connectivity index is 2.57. The summed E-state index contributed by atoms with van der Waals surface area (Å²) in [6, 6.07) is 6.10. The Bertz CT molecular complexity index is 429. The molecule has 0 heterocycles. The Morgan fingerprint density at radius 2 is 2.21 bits per heavy atom. The van der Waals surface area contributed by atoms with Crippen LogP contribution in [0.15, 0.2) is 18.2 Å². The molecule has 1 aromatic carbocycles. The van der Waals surface area contributed by atoms with Gasteiger partial charge in [0.15, 0.2) is 0 Å². The molecule has 14 heavy (non-hydrogen) atoms. The lowest BCUT2D eigenvalue weighted by molar-refractivity contribution is 0.112. The van der Waals surface area contributed by atoms with Gasteiger partial charge in [0.25, 0.3) is 0 Å². The van der Waals surface area contributed by atoms with Crippen molar-refractivity contribution in [3.05, 3.63) is 35.1 Å². The molecule has 1 saturated carbocycles. The van der Waals surface area contributed by atoms with E-state index in [1.165, 1.54) is 18.2 Å². The number of aldehydes is 1. The summed E-state index contributed by atoms with van der Waals surface area (Å²) in [5.41, 5.74) is 0.360. The van der Waals surface area contributed by atoms with Crippen LogP contribution in [0.1, 0.15) is 28.8 Å². The summed E-state index contributed by atoms with van der Waals surface area (Å²) >= 11 is 0. The zero-order valence-electron chi connectivity index (χ0n) is 7.46. The molecule has 1 aliphatic carbocycles. The molecule has 0 aromatic heterocycles. The Hall–Kier alpha value is -1.69. The number of hydrogen-bond donors (Lipinski definition) is 0. The van der Waals surface area contributed by atoms with Gasteiger partial charge in [0.1, 0.15) is 12.1 Å². The van der Waals surface area contributed by atoms with Gasteiger partial charge in [-0.15, -0.1) is 0 Å². The minimum Gasteiger partial charge on any atom is -0.298 e. The Morgan fingerprint density at radius 1 is 1.50 bits per heavy atom. The minimum atomic E-state index is -0.599. The highest BCUT2D eigenvalue weighted by Gasteiger charge is 2.46. The van der Waals surface area contributed by atoms with Gasteiger partial charge in [-0.05, 0) is 36.6 Å². The molecule has 0 amide bonds. The maximum absolute atomic E-state index is 13.0. The van der Waals surface area contributed by atoms with Gasteiger partial charge >= 0.3 is 0 Å². The topological polar surface area (TPSA) is 40.9 Å². The van der Waals surface area contributed by atoms with Gasteiger partial charge in [-0.3, -0.25) is 4.79 Å². The van der Waals surface area contributed by atoms with E-state index in [0.29, 0.717) is 30.3 Å². The fourth-order valence-electron chi connectivity index (χ4n) is 1.61. The largest absolute Gasteiger partial charge is 0.298 e. The number of hydrogen-bond acceptors (Lipinski definition) is 2. The Labute approximate surface area is 81.0 Å². The molecule has 0 bridgehead atoms. The van der Waals surface area contributed by atoms with Crippen LogP contribution < -0.4 is 0 Å². The third kappa shape index (κ3) is 1.20. The molecular formula is C11H8FNO. The zero-order valence-corrected chi connectivity index (χ0v) is 7.46. The molecule has 0 unspecified atom stereocenters. The van der Waals surface area contributed by atoms with Gasteiger partial charge in [-0.2, -0.15) is 5.26 Å². The number of rotatable bonds is 2. The van der Waals surface area contributed by atoms with Crippen LogP contribution in [0.3, 0.4) is 0 Å². The predicted molar refractivity (Wildman–Crippen MR) is 48.3 cm³/mol. The average Bonchev–Trinajstić information content (AvgIpc) is 2.98. The van der Waals surface area contributed by atoms with Gasteiger partial charge in [0.2, 0.25) is 0 Å². The fourth-order valence-corrected chi connectivity index (χ4v) is 1.61. The van der Waals surface area contributed by atoms with E-state index in [0.717, 1.165) is 0 Å². The van der Waals surface area contributed by atoms with E-state index in [-0.39, 0.29) is 0 Å². The van der Waals surface area contributed by atoms with Crippen LogP contribution in [-0.2, 0) is 5.41 Å². The molecule has 0 spiro atoms. The molecule has 70 valence electrons. The standard InChI is InChI=1S/C11H8FNO/c12-9-2-1-8(6-14)10(5-9)11(7-13)3-4-11/h1-2,5-6H,3-4H2. The third-order valence-corrected chi connectivity index (χ3v) is 2.62. The van der Waals surface area contributed by atoms with E-state index < -0.39 is 11.2 Å². The van der Waals surface area contributed by atoms with Crippen molar-refractivity contribution in [2.75, 3.05) is 0 Å². The molecule has 1 aliphatic rings. The maximum Gasteiger partial charge on any atom is 0.150 e. The number of carbonyl (C=O) groups excluding carboxylic acids is 1. The van der Waals surface area contributed by atoms with E-state index in [9.17, 15) is 9.18 Å². The molecule has 1 aromatic rings. The predicted octanol–water partition coefficient (Wildman–Crippen LogP) is 2.19. The first-order chi connectivity index (χ1) is 6.72. The van der Waals surface area contributed by atoms with Gasteiger partial charge in [-0.25, -0.2) is 4.39 Å². The number of benzene rings is 1. The second-order valence-corrected chi connectivity index (χ2v) is 3.54. The molecule has 3 heteroatoms. The smallest absolute Gasteiger partial charge is 0.150 e. The Kier molecular flexibility index (Phi) is 1.85. The van der Waals surface area contributed by atoms with E-state index in [4.69, 9.17) is 5.26 Å². The lowest BCUT2D eigenvalue weighted by Crippen LogP contribution is -2.07. The van der Waals surface area contributed by atoms with Crippen LogP contribution >= 0.6 is 0 Å². The average molecular weight is 189 g/mol. The van der Waals surface area contributed by atoms with Gasteiger partial charge in [0.05, 0.1) is 11.5 Å². The van der Waals surface area contributed by atoms with Crippen LogP contribution in [0.25, 0.3) is 0 Å². The van der Waals surface area contributed by atoms with Crippen molar-refractivity contribution in [2.24, 2.45) is 0 Å². The molecule has 0 radical (unpaired) electrons. The molecular weight excluding hydrogens is 181 g/mol. The third-order valence-electron chi connectivity index (χ3n) is 2.62. The van der Waals surface area contributed by atoms with Gasteiger partial charge in [-0.1, -0.05) is 0 Å². The first-order valence-corrected chi connectivity index (χ1v) is 4.38.